The molecule has 2 aromatic rings. The number of hydrogen-bond acceptors (Lipinski definition) is 5. The SMILES string of the molecule is O=S(=O)(NCc1cc(Br)cs1)c1cnn(CCCO)c1. The van der Waals surface area contributed by atoms with Gasteiger partial charge in [0, 0.05) is 40.6 Å². The van der Waals surface area contributed by atoms with Crippen LogP contribution in [0.1, 0.15) is 11.3 Å². The second kappa shape index (κ2) is 6.81. The molecule has 2 rings (SSSR count). The van der Waals surface area contributed by atoms with E-state index in [0.29, 0.717) is 13.0 Å². The molecule has 0 aliphatic carbocycles. The maximum atomic E-state index is 12.1. The Kier molecular flexibility index (Phi) is 5.33. The molecule has 0 saturated heterocycles. The minimum atomic E-state index is -3.56. The second-order valence-corrected chi connectivity index (χ2v) is 7.75. The summed E-state index contributed by atoms with van der Waals surface area (Å²) in [5.74, 6) is 0. The van der Waals surface area contributed by atoms with Gasteiger partial charge in [0.25, 0.3) is 0 Å². The van der Waals surface area contributed by atoms with Crippen molar-refractivity contribution in [2.24, 2.45) is 0 Å². The van der Waals surface area contributed by atoms with Crippen molar-refractivity contribution >= 4 is 37.3 Å². The Labute approximate surface area is 129 Å². The van der Waals surface area contributed by atoms with Crippen molar-refractivity contribution in [2.45, 2.75) is 24.4 Å². The van der Waals surface area contributed by atoms with Crippen molar-refractivity contribution in [3.05, 3.63) is 33.2 Å². The van der Waals surface area contributed by atoms with Crippen LogP contribution in [0.4, 0.5) is 0 Å². The lowest BCUT2D eigenvalue weighted by atomic mass is 10.5. The number of aliphatic hydroxyl groups is 1. The molecule has 0 aliphatic heterocycles. The summed E-state index contributed by atoms with van der Waals surface area (Å²) in [4.78, 5) is 1.05. The van der Waals surface area contributed by atoms with Gasteiger partial charge in [0.15, 0.2) is 0 Å². The van der Waals surface area contributed by atoms with Gasteiger partial charge < -0.3 is 5.11 Å². The first kappa shape index (κ1) is 15.6. The zero-order chi connectivity index (χ0) is 14.6. The predicted octanol–water partition coefficient (Wildman–Crippen LogP) is 1.57. The van der Waals surface area contributed by atoms with Gasteiger partial charge in [-0.15, -0.1) is 11.3 Å². The number of aliphatic hydroxyl groups excluding tert-OH is 1. The number of rotatable bonds is 7. The lowest BCUT2D eigenvalue weighted by molar-refractivity contribution is 0.277. The highest BCUT2D eigenvalue weighted by Crippen LogP contribution is 2.20. The van der Waals surface area contributed by atoms with Crippen LogP contribution in [-0.2, 0) is 23.1 Å². The van der Waals surface area contributed by atoms with Crippen LogP contribution >= 0.6 is 27.3 Å². The molecule has 0 fully saturated rings. The molecule has 0 bridgehead atoms. The number of aryl methyl sites for hydroxylation is 1. The van der Waals surface area contributed by atoms with Crippen LogP contribution in [-0.4, -0.2) is 29.9 Å². The largest absolute Gasteiger partial charge is 0.396 e. The average Bonchev–Trinajstić information content (AvgIpc) is 3.03. The Morgan fingerprint density at radius 2 is 2.30 bits per heavy atom. The van der Waals surface area contributed by atoms with Gasteiger partial charge in [0.05, 0.1) is 6.20 Å². The van der Waals surface area contributed by atoms with Crippen LogP contribution in [0, 0.1) is 0 Å². The van der Waals surface area contributed by atoms with Crippen LogP contribution in [0.3, 0.4) is 0 Å². The maximum Gasteiger partial charge on any atom is 0.244 e. The highest BCUT2D eigenvalue weighted by molar-refractivity contribution is 9.10. The van der Waals surface area contributed by atoms with Crippen LogP contribution < -0.4 is 4.72 Å². The summed E-state index contributed by atoms with van der Waals surface area (Å²) in [6.07, 6.45) is 3.31. The number of thiophene rings is 1. The van der Waals surface area contributed by atoms with Crippen LogP contribution in [0.15, 0.2) is 33.2 Å². The minimum Gasteiger partial charge on any atom is -0.396 e. The maximum absolute atomic E-state index is 12.1. The van der Waals surface area contributed by atoms with Crippen molar-refractivity contribution in [1.82, 2.24) is 14.5 Å². The van der Waals surface area contributed by atoms with Crippen molar-refractivity contribution in [3.63, 3.8) is 0 Å². The Bertz CT molecular complexity index is 666. The zero-order valence-electron chi connectivity index (χ0n) is 10.5. The lowest BCUT2D eigenvalue weighted by Crippen LogP contribution is -2.22. The van der Waals surface area contributed by atoms with Crippen LogP contribution in [0.2, 0.25) is 0 Å². The second-order valence-electron chi connectivity index (χ2n) is 4.07. The third kappa shape index (κ3) is 4.13. The van der Waals surface area contributed by atoms with E-state index in [2.05, 4.69) is 25.8 Å². The first-order chi connectivity index (χ1) is 9.51. The average molecular weight is 380 g/mol. The number of nitrogens with zero attached hydrogens (tertiary/aromatic N) is 2. The Balaban J connectivity index is 2.00. The molecule has 2 aromatic heterocycles. The quantitative estimate of drug-likeness (QED) is 0.764. The molecule has 0 amide bonds. The number of halogens is 1. The summed E-state index contributed by atoms with van der Waals surface area (Å²) in [5, 5.41) is 14.6. The molecule has 0 unspecified atom stereocenters. The number of sulfonamides is 1. The van der Waals surface area contributed by atoms with Gasteiger partial charge in [0.1, 0.15) is 4.90 Å². The van der Waals surface area contributed by atoms with Gasteiger partial charge in [-0.05, 0) is 28.4 Å². The summed E-state index contributed by atoms with van der Waals surface area (Å²) in [6.45, 7) is 0.789. The standard InChI is InChI=1S/C11H14BrN3O3S2/c12-9-4-10(19-8-9)5-14-20(17,18)11-6-13-15(7-11)2-1-3-16/h4,6-8,14,16H,1-3,5H2. The predicted molar refractivity (Wildman–Crippen MR) is 80.0 cm³/mol. The fraction of sp³-hybridized carbons (Fsp3) is 0.364. The summed E-state index contributed by atoms with van der Waals surface area (Å²) in [7, 11) is -3.56. The molecule has 0 aromatic carbocycles. The zero-order valence-corrected chi connectivity index (χ0v) is 13.7. The van der Waals surface area contributed by atoms with Gasteiger partial charge >= 0.3 is 0 Å². The van der Waals surface area contributed by atoms with E-state index in [-0.39, 0.29) is 18.0 Å². The van der Waals surface area contributed by atoms with Gasteiger partial charge in [0.2, 0.25) is 10.0 Å². The monoisotopic (exact) mass is 379 g/mol. The van der Waals surface area contributed by atoms with E-state index in [4.69, 9.17) is 5.11 Å². The summed E-state index contributed by atoms with van der Waals surface area (Å²) >= 11 is 4.80. The molecule has 20 heavy (non-hydrogen) atoms. The molecule has 0 saturated carbocycles. The van der Waals surface area contributed by atoms with E-state index >= 15 is 0 Å². The van der Waals surface area contributed by atoms with E-state index in [0.717, 1.165) is 9.35 Å². The molecule has 0 atom stereocenters. The molecule has 9 heteroatoms. The first-order valence-corrected chi connectivity index (χ1v) is 9.03. The van der Waals surface area contributed by atoms with Crippen molar-refractivity contribution in [2.75, 3.05) is 6.61 Å². The molecular formula is C11H14BrN3O3S2. The minimum absolute atomic E-state index is 0.0491. The highest BCUT2D eigenvalue weighted by Gasteiger charge is 2.16. The molecule has 0 aliphatic rings. The van der Waals surface area contributed by atoms with Gasteiger partial charge in [-0.3, -0.25) is 4.68 Å². The summed E-state index contributed by atoms with van der Waals surface area (Å²) < 4.78 is 29.1. The van der Waals surface area contributed by atoms with E-state index in [1.807, 2.05) is 11.4 Å². The van der Waals surface area contributed by atoms with E-state index in [1.54, 1.807) is 0 Å². The number of nitrogens with one attached hydrogen (secondary N) is 1. The van der Waals surface area contributed by atoms with Crippen LogP contribution in [0.25, 0.3) is 0 Å². The molecule has 0 radical (unpaired) electrons. The van der Waals surface area contributed by atoms with E-state index in [9.17, 15) is 8.42 Å². The summed E-state index contributed by atoms with van der Waals surface area (Å²) in [5.41, 5.74) is 0. The smallest absolute Gasteiger partial charge is 0.244 e. The molecule has 110 valence electrons. The Morgan fingerprint density at radius 3 is 2.95 bits per heavy atom. The van der Waals surface area contributed by atoms with Crippen LogP contribution in [0.5, 0.6) is 0 Å². The molecule has 6 nitrogen and oxygen atoms in total. The third-order valence-corrected chi connectivity index (χ3v) is 5.58. The highest BCUT2D eigenvalue weighted by atomic mass is 79.9. The molecule has 2 heterocycles. The first-order valence-electron chi connectivity index (χ1n) is 5.87. The Morgan fingerprint density at radius 1 is 1.50 bits per heavy atom. The Hall–Kier alpha value is -0.740. The van der Waals surface area contributed by atoms with E-state index in [1.165, 1.54) is 28.4 Å². The third-order valence-electron chi connectivity index (χ3n) is 2.52. The number of aromatic nitrogens is 2. The molecular weight excluding hydrogens is 366 g/mol. The lowest BCUT2D eigenvalue weighted by Gasteiger charge is -2.02. The fourth-order valence-electron chi connectivity index (χ4n) is 1.53. The normalized spacial score (nSPS) is 11.9. The molecule has 0 spiro atoms. The number of hydrogen-bond donors (Lipinski definition) is 2. The van der Waals surface area contributed by atoms with Gasteiger partial charge in [-0.1, -0.05) is 0 Å². The topological polar surface area (TPSA) is 84.2 Å². The fourth-order valence-corrected chi connectivity index (χ4v) is 3.97. The van der Waals surface area contributed by atoms with E-state index < -0.39 is 10.0 Å². The van der Waals surface area contributed by atoms with Crippen molar-refractivity contribution in [3.8, 4) is 0 Å². The van der Waals surface area contributed by atoms with Gasteiger partial charge in [-0.2, -0.15) is 5.10 Å². The molecule has 2 N–H and O–H groups in total. The van der Waals surface area contributed by atoms with Crippen molar-refractivity contribution < 1.29 is 13.5 Å². The summed E-state index contributed by atoms with van der Waals surface area (Å²) in [6, 6.07) is 1.87. The van der Waals surface area contributed by atoms with Gasteiger partial charge in [-0.25, -0.2) is 13.1 Å². The van der Waals surface area contributed by atoms with Crippen molar-refractivity contribution in [1.29, 1.82) is 0 Å².